The van der Waals surface area contributed by atoms with E-state index < -0.39 is 0 Å². The largest absolute Gasteiger partial charge is 0.357 e. The summed E-state index contributed by atoms with van der Waals surface area (Å²) in [4.78, 5) is 31.4. The number of hydrogen-bond donors (Lipinski definition) is 0. The van der Waals surface area contributed by atoms with Crippen LogP contribution in [0.5, 0.6) is 0 Å². The fourth-order valence-electron chi connectivity index (χ4n) is 5.72. The highest BCUT2D eigenvalue weighted by Gasteiger charge is 2.33. The molecule has 1 aromatic rings. The molecule has 0 saturated carbocycles. The molecule has 0 aliphatic carbocycles. The third kappa shape index (κ3) is 8.22. The smallest absolute Gasteiger partial charge is 0.270 e. The number of anilines is 1. The molecule has 0 bridgehead atoms. The Bertz CT molecular complexity index is 1160. The van der Waals surface area contributed by atoms with Crippen LogP contribution >= 0.6 is 24.0 Å². The summed E-state index contributed by atoms with van der Waals surface area (Å²) in [5, 5.41) is 9.87. The quantitative estimate of drug-likeness (QED) is 0.119. The van der Waals surface area contributed by atoms with Crippen LogP contribution in [-0.2, 0) is 11.3 Å². The number of nitrogens with zero attached hydrogens (tertiary/aromatic N) is 4. The summed E-state index contributed by atoms with van der Waals surface area (Å²) in [7, 11) is 0. The molecule has 0 unspecified atom stereocenters. The van der Waals surface area contributed by atoms with Gasteiger partial charge in [-0.3, -0.25) is 19.1 Å². The number of pyridine rings is 1. The van der Waals surface area contributed by atoms with Crippen molar-refractivity contribution in [3.63, 3.8) is 0 Å². The van der Waals surface area contributed by atoms with E-state index in [1.54, 1.807) is 9.47 Å². The van der Waals surface area contributed by atoms with E-state index in [1.807, 2.05) is 19.9 Å². The fourth-order valence-corrected chi connectivity index (χ4v) is 7.01. The van der Waals surface area contributed by atoms with E-state index in [0.29, 0.717) is 33.8 Å². The van der Waals surface area contributed by atoms with Gasteiger partial charge in [-0.15, -0.1) is 0 Å². The van der Waals surface area contributed by atoms with Crippen LogP contribution < -0.4 is 10.5 Å². The van der Waals surface area contributed by atoms with Crippen molar-refractivity contribution in [3.8, 4) is 6.07 Å². The maximum Gasteiger partial charge on any atom is 0.270 e. The fraction of sp³-hybridized carbons (Fsp3) is 0.688. The molecule has 220 valence electrons. The molecule has 1 amide bonds. The summed E-state index contributed by atoms with van der Waals surface area (Å²) in [6.45, 7) is 11.3. The highest BCUT2D eigenvalue weighted by molar-refractivity contribution is 8.26. The molecule has 3 rings (SSSR count). The van der Waals surface area contributed by atoms with Crippen molar-refractivity contribution in [1.29, 1.82) is 5.26 Å². The van der Waals surface area contributed by atoms with Crippen molar-refractivity contribution < 1.29 is 4.79 Å². The number of amides is 1. The van der Waals surface area contributed by atoms with Gasteiger partial charge in [0.05, 0.1) is 4.91 Å². The molecular weight excluding hydrogens is 537 g/mol. The van der Waals surface area contributed by atoms with Crippen LogP contribution in [0, 0.1) is 24.2 Å². The maximum atomic E-state index is 13.5. The summed E-state index contributed by atoms with van der Waals surface area (Å²) < 4.78 is 2.36. The molecule has 2 fully saturated rings. The van der Waals surface area contributed by atoms with Crippen molar-refractivity contribution in [2.45, 2.75) is 118 Å². The molecule has 2 aliphatic rings. The summed E-state index contributed by atoms with van der Waals surface area (Å²) in [6.07, 6.45) is 17.3. The lowest BCUT2D eigenvalue weighted by molar-refractivity contribution is -0.122. The lowest BCUT2D eigenvalue weighted by Gasteiger charge is -2.35. The van der Waals surface area contributed by atoms with Gasteiger partial charge < -0.3 is 4.90 Å². The number of nitriles is 1. The van der Waals surface area contributed by atoms with Gasteiger partial charge in [0, 0.05) is 31.7 Å². The van der Waals surface area contributed by atoms with Crippen LogP contribution in [-0.4, -0.2) is 39.3 Å². The molecular formula is C32H48N4O2S2. The average Bonchev–Trinajstić information content (AvgIpc) is 3.20. The minimum atomic E-state index is -0.235. The first-order chi connectivity index (χ1) is 19.3. The lowest BCUT2D eigenvalue weighted by Crippen LogP contribution is -2.39. The van der Waals surface area contributed by atoms with Crippen LogP contribution in [0.4, 0.5) is 5.82 Å². The first-order valence-corrected chi connectivity index (χ1v) is 16.7. The number of carbonyl (C=O) groups is 1. The number of unbranched alkanes of at least 4 members (excludes halogenated alkanes) is 9. The summed E-state index contributed by atoms with van der Waals surface area (Å²) in [6, 6.07) is 2.15. The average molecular weight is 585 g/mol. The molecule has 0 aromatic carbocycles. The van der Waals surface area contributed by atoms with E-state index >= 15 is 0 Å². The van der Waals surface area contributed by atoms with Gasteiger partial charge >= 0.3 is 0 Å². The molecule has 3 heterocycles. The van der Waals surface area contributed by atoms with Crippen LogP contribution in [0.25, 0.3) is 6.08 Å². The van der Waals surface area contributed by atoms with Gasteiger partial charge in [-0.25, -0.2) is 0 Å². The maximum absolute atomic E-state index is 13.5. The number of piperidine rings is 1. The Morgan fingerprint density at radius 3 is 2.12 bits per heavy atom. The van der Waals surface area contributed by atoms with Crippen molar-refractivity contribution in [2.24, 2.45) is 5.92 Å². The molecule has 8 heteroatoms. The van der Waals surface area contributed by atoms with Crippen LogP contribution in [0.2, 0.25) is 0 Å². The number of thioether (sulfide) groups is 1. The molecule has 0 N–H and O–H groups in total. The summed E-state index contributed by atoms with van der Waals surface area (Å²) >= 11 is 6.97. The Balaban J connectivity index is 1.76. The molecule has 0 spiro atoms. The van der Waals surface area contributed by atoms with Gasteiger partial charge in [0.2, 0.25) is 0 Å². The Labute approximate surface area is 251 Å². The zero-order chi connectivity index (χ0) is 29.1. The van der Waals surface area contributed by atoms with E-state index in [2.05, 4.69) is 24.8 Å². The SMILES string of the molecule is CCCCCCCCCCCCN1C(=O)C(=Cc2c(C)c(C#N)c(=O)n(CCC)c2N2CCC(C)CC2)SC1=S. The Morgan fingerprint density at radius 2 is 1.55 bits per heavy atom. The zero-order valence-electron chi connectivity index (χ0n) is 25.1. The number of thiocarbonyl (C=S) groups is 1. The first kappa shape index (κ1) is 32.4. The monoisotopic (exact) mass is 584 g/mol. The molecule has 40 heavy (non-hydrogen) atoms. The molecule has 1 aromatic heterocycles. The van der Waals surface area contributed by atoms with Crippen molar-refractivity contribution in [2.75, 3.05) is 24.5 Å². The minimum Gasteiger partial charge on any atom is -0.357 e. The summed E-state index contributed by atoms with van der Waals surface area (Å²) in [5.41, 5.74) is 1.38. The van der Waals surface area contributed by atoms with Crippen molar-refractivity contribution >= 4 is 46.1 Å². The van der Waals surface area contributed by atoms with E-state index in [0.717, 1.165) is 56.6 Å². The second-order valence-corrected chi connectivity index (χ2v) is 13.2. The Hall–Kier alpha value is -2.11. The molecule has 0 radical (unpaired) electrons. The van der Waals surface area contributed by atoms with Gasteiger partial charge in [-0.2, -0.15) is 5.26 Å². The predicted octanol–water partition coefficient (Wildman–Crippen LogP) is 7.80. The number of aromatic nitrogens is 1. The number of rotatable bonds is 15. The molecule has 2 saturated heterocycles. The van der Waals surface area contributed by atoms with E-state index in [4.69, 9.17) is 12.2 Å². The van der Waals surface area contributed by atoms with Crippen molar-refractivity contribution in [3.05, 3.63) is 31.9 Å². The van der Waals surface area contributed by atoms with Crippen LogP contribution in [0.3, 0.4) is 0 Å². The third-order valence-electron chi connectivity index (χ3n) is 8.26. The Morgan fingerprint density at radius 1 is 0.950 bits per heavy atom. The third-order valence-corrected chi connectivity index (χ3v) is 9.64. The van der Waals surface area contributed by atoms with E-state index in [1.165, 1.54) is 63.1 Å². The van der Waals surface area contributed by atoms with Gasteiger partial charge in [0.15, 0.2) is 0 Å². The van der Waals surface area contributed by atoms with Crippen molar-refractivity contribution in [1.82, 2.24) is 9.47 Å². The predicted molar refractivity (Wildman–Crippen MR) is 173 cm³/mol. The Kier molecular flexibility index (Phi) is 13.3. The molecule has 0 atom stereocenters. The summed E-state index contributed by atoms with van der Waals surface area (Å²) in [5.74, 6) is 1.43. The van der Waals surface area contributed by atoms with E-state index in [-0.39, 0.29) is 17.0 Å². The van der Waals surface area contributed by atoms with Gasteiger partial charge in [-0.1, -0.05) is 103 Å². The molecule has 2 aliphatic heterocycles. The van der Waals surface area contributed by atoms with Gasteiger partial charge in [-0.05, 0) is 50.2 Å². The normalized spacial score (nSPS) is 17.3. The highest BCUT2D eigenvalue weighted by atomic mass is 32.2. The number of carbonyl (C=O) groups excluding carboxylic acids is 1. The van der Waals surface area contributed by atoms with Crippen LogP contribution in [0.15, 0.2) is 9.70 Å². The van der Waals surface area contributed by atoms with Crippen LogP contribution in [0.1, 0.15) is 121 Å². The standard InChI is InChI=1S/C32H48N4O2S2/c1-5-7-8-9-10-11-12-13-14-15-19-36-31(38)28(40-32(36)39)22-26-25(4)27(23-33)30(37)35(18-6-2)29(26)34-20-16-24(3)17-21-34/h22,24H,5-21H2,1-4H3. The zero-order valence-corrected chi connectivity index (χ0v) is 26.7. The first-order valence-electron chi connectivity index (χ1n) is 15.5. The second-order valence-electron chi connectivity index (χ2n) is 11.5. The number of hydrogen-bond acceptors (Lipinski definition) is 6. The lowest BCUT2D eigenvalue weighted by atomic mass is 9.97. The van der Waals surface area contributed by atoms with Gasteiger partial charge in [0.25, 0.3) is 11.5 Å². The molecule has 6 nitrogen and oxygen atoms in total. The second kappa shape index (κ2) is 16.4. The van der Waals surface area contributed by atoms with Gasteiger partial charge in [0.1, 0.15) is 21.8 Å². The topological polar surface area (TPSA) is 69.3 Å². The minimum absolute atomic E-state index is 0.0599. The highest BCUT2D eigenvalue weighted by Crippen LogP contribution is 2.37. The van der Waals surface area contributed by atoms with E-state index in [9.17, 15) is 14.9 Å².